The Balaban J connectivity index is 2.50. The van der Waals surface area contributed by atoms with E-state index >= 15 is 0 Å². The first-order valence-electron chi connectivity index (χ1n) is 8.65. The van der Waals surface area contributed by atoms with E-state index in [1.54, 1.807) is 7.11 Å². The first-order chi connectivity index (χ1) is 11.6. The molecule has 2 N–H and O–H groups in total. The zero-order valence-corrected chi connectivity index (χ0v) is 15.1. The van der Waals surface area contributed by atoms with Gasteiger partial charge in [-0.05, 0) is 44.4 Å². The van der Waals surface area contributed by atoms with E-state index in [0.717, 1.165) is 41.7 Å². The van der Waals surface area contributed by atoms with Crippen LogP contribution in [0.5, 0.6) is 5.75 Å². The van der Waals surface area contributed by atoms with Crippen molar-refractivity contribution in [3.63, 3.8) is 0 Å². The van der Waals surface area contributed by atoms with Gasteiger partial charge in [0.2, 0.25) is 0 Å². The minimum atomic E-state index is -0.0825. The number of fused-ring (bicyclic) bond motifs is 1. The van der Waals surface area contributed by atoms with Crippen molar-refractivity contribution in [1.82, 2.24) is 9.88 Å². The maximum absolute atomic E-state index is 12.9. The van der Waals surface area contributed by atoms with Crippen molar-refractivity contribution in [2.75, 3.05) is 13.7 Å². The molecule has 2 aromatic rings. The van der Waals surface area contributed by atoms with Crippen LogP contribution < -0.4 is 10.1 Å². The Kier molecular flexibility index (Phi) is 6.26. The molecule has 1 aromatic carbocycles. The van der Waals surface area contributed by atoms with Crippen LogP contribution in [-0.2, 0) is 6.54 Å². The highest BCUT2D eigenvalue weighted by molar-refractivity contribution is 6.08. The number of ether oxygens (including phenoxy) is 1. The number of hydrogen-bond donors (Lipinski definition) is 2. The lowest BCUT2D eigenvalue weighted by Crippen LogP contribution is -2.35. The third-order valence-electron chi connectivity index (χ3n) is 4.51. The molecule has 0 radical (unpaired) electrons. The summed E-state index contributed by atoms with van der Waals surface area (Å²) in [7, 11) is 1.63. The number of carbonyl (C=O) groups excluding carboxylic acids is 1. The summed E-state index contributed by atoms with van der Waals surface area (Å²) in [5, 5.41) is 13.1. The molecule has 1 unspecified atom stereocenters. The number of methoxy groups -OCH3 is 1. The van der Waals surface area contributed by atoms with Crippen molar-refractivity contribution < 1.29 is 14.6 Å². The van der Waals surface area contributed by atoms with Crippen LogP contribution in [0.1, 0.15) is 49.2 Å². The summed E-state index contributed by atoms with van der Waals surface area (Å²) in [6, 6.07) is 5.85. The Labute approximate surface area is 143 Å². The predicted octanol–water partition coefficient (Wildman–Crippen LogP) is 3.26. The quantitative estimate of drug-likeness (QED) is 0.780. The molecule has 1 amide bonds. The smallest absolute Gasteiger partial charge is 0.253 e. The van der Waals surface area contributed by atoms with Crippen LogP contribution in [0.15, 0.2) is 18.2 Å². The van der Waals surface area contributed by atoms with Gasteiger partial charge < -0.3 is 19.7 Å². The van der Waals surface area contributed by atoms with E-state index < -0.39 is 0 Å². The monoisotopic (exact) mass is 332 g/mol. The summed E-state index contributed by atoms with van der Waals surface area (Å²) < 4.78 is 7.52. The first kappa shape index (κ1) is 18.3. The first-order valence-corrected chi connectivity index (χ1v) is 8.65. The van der Waals surface area contributed by atoms with Crippen molar-refractivity contribution in [2.24, 2.45) is 0 Å². The molecule has 2 rings (SSSR count). The molecule has 1 aromatic heterocycles. The summed E-state index contributed by atoms with van der Waals surface area (Å²) in [5.74, 6) is 0.661. The highest BCUT2D eigenvalue weighted by Crippen LogP contribution is 2.30. The van der Waals surface area contributed by atoms with Crippen molar-refractivity contribution in [3.8, 4) is 5.75 Å². The fourth-order valence-corrected chi connectivity index (χ4v) is 3.18. The second-order valence-corrected chi connectivity index (χ2v) is 6.09. The van der Waals surface area contributed by atoms with E-state index in [1.165, 1.54) is 0 Å². The molecule has 0 spiro atoms. The number of nitrogens with zero attached hydrogens (tertiary/aromatic N) is 1. The summed E-state index contributed by atoms with van der Waals surface area (Å²) in [6.45, 7) is 7.07. The molecule has 1 atom stereocenters. The van der Waals surface area contributed by atoms with E-state index in [0.29, 0.717) is 12.0 Å². The zero-order chi connectivity index (χ0) is 17.7. The number of nitrogens with one attached hydrogen (secondary N) is 1. The van der Waals surface area contributed by atoms with Gasteiger partial charge in [0.1, 0.15) is 5.75 Å². The van der Waals surface area contributed by atoms with Gasteiger partial charge in [0, 0.05) is 35.8 Å². The number of rotatable bonds is 8. The fourth-order valence-electron chi connectivity index (χ4n) is 3.18. The normalized spacial score (nSPS) is 12.4. The molecule has 1 heterocycles. The number of hydrogen-bond acceptors (Lipinski definition) is 3. The lowest BCUT2D eigenvalue weighted by atomic mass is 10.1. The fraction of sp³-hybridized carbons (Fsp3) is 0.526. The van der Waals surface area contributed by atoms with Crippen LogP contribution in [0.25, 0.3) is 10.9 Å². The van der Waals surface area contributed by atoms with Gasteiger partial charge in [-0.25, -0.2) is 0 Å². The van der Waals surface area contributed by atoms with Crippen LogP contribution >= 0.6 is 0 Å². The van der Waals surface area contributed by atoms with Gasteiger partial charge in [0.25, 0.3) is 5.91 Å². The van der Waals surface area contributed by atoms with E-state index in [9.17, 15) is 4.79 Å². The Morgan fingerprint density at radius 1 is 1.38 bits per heavy atom. The Morgan fingerprint density at radius 2 is 2.12 bits per heavy atom. The molecule has 0 aliphatic rings. The average Bonchev–Trinajstić information content (AvgIpc) is 2.86. The second kappa shape index (κ2) is 8.20. The van der Waals surface area contributed by atoms with Gasteiger partial charge >= 0.3 is 0 Å². The van der Waals surface area contributed by atoms with E-state index in [1.807, 2.05) is 32.0 Å². The number of benzene rings is 1. The van der Waals surface area contributed by atoms with Gasteiger partial charge in [0.05, 0.1) is 12.7 Å². The van der Waals surface area contributed by atoms with E-state index in [-0.39, 0.29) is 18.6 Å². The van der Waals surface area contributed by atoms with Crippen LogP contribution in [0, 0.1) is 6.92 Å². The van der Waals surface area contributed by atoms with Gasteiger partial charge in [-0.3, -0.25) is 4.79 Å². The minimum Gasteiger partial charge on any atom is -0.497 e. The highest BCUT2D eigenvalue weighted by Gasteiger charge is 2.22. The standard InChI is InChI=1S/C19H28N2O3/c1-5-10-21-13(3)18(19(23)20-14(6-2)9-11-22)16-12-15(24-4)7-8-17(16)21/h7-8,12,14,22H,5-6,9-11H2,1-4H3,(H,20,23). The van der Waals surface area contributed by atoms with Crippen molar-refractivity contribution in [1.29, 1.82) is 0 Å². The molecule has 0 saturated carbocycles. The largest absolute Gasteiger partial charge is 0.497 e. The highest BCUT2D eigenvalue weighted by atomic mass is 16.5. The molecule has 0 saturated heterocycles. The second-order valence-electron chi connectivity index (χ2n) is 6.09. The molecular formula is C19H28N2O3. The number of amides is 1. The maximum Gasteiger partial charge on any atom is 0.253 e. The summed E-state index contributed by atoms with van der Waals surface area (Å²) in [6.07, 6.45) is 2.36. The Bertz CT molecular complexity index is 706. The van der Waals surface area contributed by atoms with Crippen molar-refractivity contribution >= 4 is 16.8 Å². The molecule has 0 bridgehead atoms. The zero-order valence-electron chi connectivity index (χ0n) is 15.1. The lowest BCUT2D eigenvalue weighted by Gasteiger charge is -2.16. The summed E-state index contributed by atoms with van der Waals surface area (Å²) in [4.78, 5) is 12.9. The Morgan fingerprint density at radius 3 is 2.71 bits per heavy atom. The number of aliphatic hydroxyl groups is 1. The minimum absolute atomic E-state index is 0.0166. The summed E-state index contributed by atoms with van der Waals surface area (Å²) >= 11 is 0. The topological polar surface area (TPSA) is 63.5 Å². The van der Waals surface area contributed by atoms with Crippen LogP contribution in [-0.4, -0.2) is 35.3 Å². The number of aromatic nitrogens is 1. The van der Waals surface area contributed by atoms with Crippen LogP contribution in [0.3, 0.4) is 0 Å². The van der Waals surface area contributed by atoms with Gasteiger partial charge in [-0.1, -0.05) is 13.8 Å². The van der Waals surface area contributed by atoms with Gasteiger partial charge in [-0.15, -0.1) is 0 Å². The third kappa shape index (κ3) is 3.56. The molecule has 5 nitrogen and oxygen atoms in total. The molecule has 5 heteroatoms. The van der Waals surface area contributed by atoms with Gasteiger partial charge in [0.15, 0.2) is 0 Å². The lowest BCUT2D eigenvalue weighted by molar-refractivity contribution is 0.0930. The third-order valence-corrected chi connectivity index (χ3v) is 4.51. The molecule has 24 heavy (non-hydrogen) atoms. The van der Waals surface area contributed by atoms with Crippen LogP contribution in [0.2, 0.25) is 0 Å². The molecule has 0 aliphatic carbocycles. The predicted molar refractivity (Wildman–Crippen MR) is 96.8 cm³/mol. The Hall–Kier alpha value is -2.01. The van der Waals surface area contributed by atoms with Crippen LogP contribution in [0.4, 0.5) is 0 Å². The van der Waals surface area contributed by atoms with E-state index in [2.05, 4.69) is 16.8 Å². The molecule has 0 fully saturated rings. The summed E-state index contributed by atoms with van der Waals surface area (Å²) in [5.41, 5.74) is 2.72. The maximum atomic E-state index is 12.9. The number of aryl methyl sites for hydroxylation is 1. The molecule has 132 valence electrons. The average molecular weight is 332 g/mol. The van der Waals surface area contributed by atoms with Crippen molar-refractivity contribution in [3.05, 3.63) is 29.5 Å². The van der Waals surface area contributed by atoms with E-state index in [4.69, 9.17) is 9.84 Å². The SMILES string of the molecule is CCCn1c(C)c(C(=O)NC(CC)CCO)c2cc(OC)ccc21. The van der Waals surface area contributed by atoms with Gasteiger partial charge in [-0.2, -0.15) is 0 Å². The number of carbonyl (C=O) groups is 1. The van der Waals surface area contributed by atoms with Crippen molar-refractivity contribution in [2.45, 2.75) is 52.6 Å². The molecular weight excluding hydrogens is 304 g/mol. The number of aliphatic hydroxyl groups excluding tert-OH is 1. The molecule has 0 aliphatic heterocycles.